The molecule has 2 aromatic rings. The molecule has 4 heteroatoms. The molecule has 0 amide bonds. The maximum atomic E-state index is 5.94. The second kappa shape index (κ2) is 4.44. The quantitative estimate of drug-likeness (QED) is 0.896. The molecule has 2 aromatic heterocycles. The zero-order valence-corrected chi connectivity index (χ0v) is 10.6. The van der Waals surface area contributed by atoms with E-state index in [0.29, 0.717) is 11.9 Å². The van der Waals surface area contributed by atoms with E-state index >= 15 is 0 Å². The third-order valence-electron chi connectivity index (χ3n) is 3.63. The van der Waals surface area contributed by atoms with Gasteiger partial charge in [-0.1, -0.05) is 12.8 Å². The first-order valence-corrected chi connectivity index (χ1v) is 6.48. The number of imidazole rings is 1. The smallest absolute Gasteiger partial charge is 0.132 e. The van der Waals surface area contributed by atoms with Gasteiger partial charge >= 0.3 is 0 Å². The van der Waals surface area contributed by atoms with Crippen molar-refractivity contribution in [2.75, 3.05) is 5.73 Å². The molecule has 0 spiro atoms. The maximum absolute atomic E-state index is 5.94. The van der Waals surface area contributed by atoms with Crippen molar-refractivity contribution in [1.29, 1.82) is 0 Å². The molecule has 1 saturated carbocycles. The normalized spacial score (nSPS) is 16.7. The van der Waals surface area contributed by atoms with E-state index in [0.717, 1.165) is 17.2 Å². The van der Waals surface area contributed by atoms with Crippen LogP contribution in [0.15, 0.2) is 30.9 Å². The number of nitrogens with two attached hydrogens (primary N) is 1. The van der Waals surface area contributed by atoms with Crippen LogP contribution >= 0.6 is 0 Å². The average Bonchev–Trinajstić information content (AvgIpc) is 3.04. The zero-order chi connectivity index (χ0) is 12.5. The monoisotopic (exact) mass is 242 g/mol. The number of nitrogens with zero attached hydrogens (tertiary/aromatic N) is 3. The van der Waals surface area contributed by atoms with Crippen molar-refractivity contribution in [3.05, 3.63) is 30.9 Å². The van der Waals surface area contributed by atoms with Crippen molar-refractivity contribution in [2.45, 2.75) is 32.2 Å². The second-order valence-corrected chi connectivity index (χ2v) is 5.15. The Morgan fingerprint density at radius 3 is 3.06 bits per heavy atom. The summed E-state index contributed by atoms with van der Waals surface area (Å²) in [6.45, 7) is 2.25. The van der Waals surface area contributed by atoms with Gasteiger partial charge in [-0.05, 0) is 31.4 Å². The molecule has 0 radical (unpaired) electrons. The SMILES string of the molecule is CC(CC1CC1)n1cncc1-c1cccnc1N. The lowest BCUT2D eigenvalue weighted by Crippen LogP contribution is -2.07. The summed E-state index contributed by atoms with van der Waals surface area (Å²) in [5, 5.41) is 0. The number of hydrogen-bond donors (Lipinski definition) is 1. The number of anilines is 1. The predicted octanol–water partition coefficient (Wildman–Crippen LogP) is 2.89. The first kappa shape index (κ1) is 11.3. The van der Waals surface area contributed by atoms with Gasteiger partial charge in [0, 0.05) is 17.8 Å². The molecule has 2 heterocycles. The molecular formula is C14H18N4. The number of rotatable bonds is 4. The van der Waals surface area contributed by atoms with Gasteiger partial charge in [0.25, 0.3) is 0 Å². The van der Waals surface area contributed by atoms with Crippen molar-refractivity contribution >= 4 is 5.82 Å². The number of aromatic nitrogens is 3. The second-order valence-electron chi connectivity index (χ2n) is 5.15. The highest BCUT2D eigenvalue weighted by Crippen LogP contribution is 2.38. The van der Waals surface area contributed by atoms with Crippen LogP contribution in [0.1, 0.15) is 32.2 Å². The summed E-state index contributed by atoms with van der Waals surface area (Å²) in [4.78, 5) is 8.41. The lowest BCUT2D eigenvalue weighted by atomic mass is 10.1. The minimum atomic E-state index is 0.467. The highest BCUT2D eigenvalue weighted by Gasteiger charge is 2.25. The Hall–Kier alpha value is -1.84. The largest absolute Gasteiger partial charge is 0.383 e. The van der Waals surface area contributed by atoms with Gasteiger partial charge < -0.3 is 10.3 Å². The first-order valence-electron chi connectivity index (χ1n) is 6.48. The van der Waals surface area contributed by atoms with Crippen molar-refractivity contribution < 1.29 is 0 Å². The first-order chi connectivity index (χ1) is 8.75. The summed E-state index contributed by atoms with van der Waals surface area (Å²) in [6.07, 6.45) is 9.47. The van der Waals surface area contributed by atoms with Crippen molar-refractivity contribution in [3.63, 3.8) is 0 Å². The molecule has 1 aliphatic carbocycles. The Morgan fingerprint density at radius 1 is 1.50 bits per heavy atom. The van der Waals surface area contributed by atoms with Crippen LogP contribution in [-0.2, 0) is 0 Å². The van der Waals surface area contributed by atoms with Crippen LogP contribution in [-0.4, -0.2) is 14.5 Å². The highest BCUT2D eigenvalue weighted by atomic mass is 15.1. The molecule has 2 N–H and O–H groups in total. The van der Waals surface area contributed by atoms with Crippen LogP contribution in [0.25, 0.3) is 11.3 Å². The van der Waals surface area contributed by atoms with Gasteiger partial charge in [-0.3, -0.25) is 0 Å². The van der Waals surface area contributed by atoms with Gasteiger partial charge in [-0.25, -0.2) is 9.97 Å². The van der Waals surface area contributed by atoms with Crippen LogP contribution in [0, 0.1) is 5.92 Å². The van der Waals surface area contributed by atoms with Gasteiger partial charge in [0.1, 0.15) is 5.82 Å². The Morgan fingerprint density at radius 2 is 2.33 bits per heavy atom. The van der Waals surface area contributed by atoms with Crippen molar-refractivity contribution in [2.24, 2.45) is 5.92 Å². The molecule has 1 fully saturated rings. The Bertz CT molecular complexity index is 542. The topological polar surface area (TPSA) is 56.7 Å². The minimum absolute atomic E-state index is 0.467. The molecule has 18 heavy (non-hydrogen) atoms. The molecule has 1 atom stereocenters. The summed E-state index contributed by atoms with van der Waals surface area (Å²) in [5.74, 6) is 1.47. The van der Waals surface area contributed by atoms with E-state index in [1.807, 2.05) is 24.7 Å². The zero-order valence-electron chi connectivity index (χ0n) is 10.6. The molecule has 0 saturated heterocycles. The fraction of sp³-hybridized carbons (Fsp3) is 0.429. The van der Waals surface area contributed by atoms with E-state index in [2.05, 4.69) is 21.5 Å². The van der Waals surface area contributed by atoms with Crippen LogP contribution in [0.4, 0.5) is 5.82 Å². The molecule has 0 aliphatic heterocycles. The Labute approximate surface area is 107 Å². The fourth-order valence-electron chi connectivity index (χ4n) is 2.45. The minimum Gasteiger partial charge on any atom is -0.383 e. The third kappa shape index (κ3) is 2.10. The molecular weight excluding hydrogens is 224 g/mol. The standard InChI is InChI=1S/C14H18N4/c1-10(7-11-4-5-11)18-9-16-8-13(18)12-3-2-6-17-14(12)15/h2-3,6,8-11H,4-5,7H2,1H3,(H2,15,17). The van der Waals surface area contributed by atoms with Crippen LogP contribution < -0.4 is 5.73 Å². The average molecular weight is 242 g/mol. The van der Waals surface area contributed by atoms with Gasteiger partial charge in [0.05, 0.1) is 18.2 Å². The van der Waals surface area contributed by atoms with Crippen molar-refractivity contribution in [1.82, 2.24) is 14.5 Å². The molecule has 1 aliphatic rings. The number of nitrogen functional groups attached to an aromatic ring is 1. The summed E-state index contributed by atoms with van der Waals surface area (Å²) < 4.78 is 2.21. The molecule has 0 bridgehead atoms. The Balaban J connectivity index is 1.93. The highest BCUT2D eigenvalue weighted by molar-refractivity contribution is 5.70. The van der Waals surface area contributed by atoms with Crippen LogP contribution in [0.3, 0.4) is 0 Å². The van der Waals surface area contributed by atoms with Crippen molar-refractivity contribution in [3.8, 4) is 11.3 Å². The van der Waals surface area contributed by atoms with Gasteiger partial charge in [-0.15, -0.1) is 0 Å². The van der Waals surface area contributed by atoms with E-state index in [1.54, 1.807) is 6.20 Å². The van der Waals surface area contributed by atoms with Gasteiger partial charge in [-0.2, -0.15) is 0 Å². The van der Waals surface area contributed by atoms with E-state index in [1.165, 1.54) is 19.3 Å². The fourth-order valence-corrected chi connectivity index (χ4v) is 2.45. The third-order valence-corrected chi connectivity index (χ3v) is 3.63. The molecule has 3 rings (SSSR count). The van der Waals surface area contributed by atoms with Gasteiger partial charge in [0.2, 0.25) is 0 Å². The molecule has 4 nitrogen and oxygen atoms in total. The lowest BCUT2D eigenvalue weighted by Gasteiger charge is -2.16. The predicted molar refractivity (Wildman–Crippen MR) is 71.9 cm³/mol. The van der Waals surface area contributed by atoms with Gasteiger partial charge in [0.15, 0.2) is 0 Å². The van der Waals surface area contributed by atoms with E-state index < -0.39 is 0 Å². The van der Waals surface area contributed by atoms with E-state index in [9.17, 15) is 0 Å². The molecule has 0 aromatic carbocycles. The number of pyridine rings is 1. The summed E-state index contributed by atoms with van der Waals surface area (Å²) >= 11 is 0. The lowest BCUT2D eigenvalue weighted by molar-refractivity contribution is 0.480. The Kier molecular flexibility index (Phi) is 2.78. The number of hydrogen-bond acceptors (Lipinski definition) is 3. The summed E-state index contributed by atoms with van der Waals surface area (Å²) in [6, 6.07) is 4.38. The maximum Gasteiger partial charge on any atom is 0.132 e. The summed E-state index contributed by atoms with van der Waals surface area (Å²) in [7, 11) is 0. The van der Waals surface area contributed by atoms with Crippen LogP contribution in [0.2, 0.25) is 0 Å². The van der Waals surface area contributed by atoms with E-state index in [4.69, 9.17) is 5.73 Å². The molecule has 1 unspecified atom stereocenters. The van der Waals surface area contributed by atoms with Crippen LogP contribution in [0.5, 0.6) is 0 Å². The molecule has 94 valence electrons. The summed E-state index contributed by atoms with van der Waals surface area (Å²) in [5.41, 5.74) is 7.98. The van der Waals surface area contributed by atoms with E-state index in [-0.39, 0.29) is 0 Å².